The van der Waals surface area contributed by atoms with E-state index in [1.165, 1.54) is 65.6 Å². The SMILES string of the molecule is CCc1cccc(CC)c1-c1cnc2c3ccccc3c3c4ccccc4c4ccccc4c3n12. The zero-order chi connectivity index (χ0) is 23.5. The highest BCUT2D eigenvalue weighted by atomic mass is 15.0. The van der Waals surface area contributed by atoms with Gasteiger partial charge in [-0.3, -0.25) is 4.40 Å². The predicted octanol–water partition coefficient (Wildman–Crippen LogP) is 8.74. The first-order chi connectivity index (χ1) is 17.3. The molecule has 2 aromatic heterocycles. The summed E-state index contributed by atoms with van der Waals surface area (Å²) in [5.74, 6) is 0. The number of benzene rings is 5. The van der Waals surface area contributed by atoms with Gasteiger partial charge in [0.2, 0.25) is 0 Å². The summed E-state index contributed by atoms with van der Waals surface area (Å²) in [5.41, 5.74) is 7.53. The summed E-state index contributed by atoms with van der Waals surface area (Å²) in [6, 6.07) is 33.2. The molecule has 0 atom stereocenters. The van der Waals surface area contributed by atoms with Gasteiger partial charge in [0.05, 0.1) is 17.4 Å². The third kappa shape index (κ3) is 2.74. The molecule has 0 unspecified atom stereocenters. The minimum absolute atomic E-state index is 0.992. The minimum Gasteiger partial charge on any atom is -0.291 e. The molecule has 0 aliphatic carbocycles. The van der Waals surface area contributed by atoms with E-state index in [4.69, 9.17) is 4.98 Å². The summed E-state index contributed by atoms with van der Waals surface area (Å²) >= 11 is 0. The van der Waals surface area contributed by atoms with E-state index in [0.29, 0.717) is 0 Å². The summed E-state index contributed by atoms with van der Waals surface area (Å²) in [4.78, 5) is 5.07. The van der Waals surface area contributed by atoms with Crippen molar-refractivity contribution in [1.29, 1.82) is 0 Å². The van der Waals surface area contributed by atoms with Gasteiger partial charge in [-0.15, -0.1) is 0 Å². The Morgan fingerprint density at radius 2 is 1.09 bits per heavy atom. The molecule has 0 fully saturated rings. The summed E-state index contributed by atoms with van der Waals surface area (Å²) in [6.45, 7) is 4.50. The third-order valence-corrected chi connectivity index (χ3v) is 7.58. The Labute approximate surface area is 204 Å². The van der Waals surface area contributed by atoms with Gasteiger partial charge >= 0.3 is 0 Å². The standard InChI is InChI=1S/C33H26N2/c1-3-21-12-11-13-22(4-2)30(21)29-20-34-33-28-19-10-8-17-26(28)31-25-16-7-5-14-23(25)24-15-6-9-18-27(24)32(31)35(29)33/h5-20H,3-4H2,1-2H3. The molecule has 7 aromatic rings. The molecular formula is C33H26N2. The molecule has 0 spiro atoms. The van der Waals surface area contributed by atoms with Crippen LogP contribution in [0.3, 0.4) is 0 Å². The first kappa shape index (κ1) is 20.2. The first-order valence-corrected chi connectivity index (χ1v) is 12.5. The fraction of sp³-hybridized carbons (Fsp3) is 0.121. The smallest absolute Gasteiger partial charge is 0.145 e. The fourth-order valence-electron chi connectivity index (χ4n) is 6.04. The van der Waals surface area contributed by atoms with E-state index in [2.05, 4.69) is 115 Å². The van der Waals surface area contributed by atoms with Crippen LogP contribution in [0, 0.1) is 0 Å². The topological polar surface area (TPSA) is 17.3 Å². The number of pyridine rings is 1. The highest BCUT2D eigenvalue weighted by Crippen LogP contribution is 2.42. The maximum absolute atomic E-state index is 5.07. The van der Waals surface area contributed by atoms with Gasteiger partial charge in [-0.05, 0) is 45.5 Å². The molecule has 5 aromatic carbocycles. The largest absolute Gasteiger partial charge is 0.291 e. The quantitative estimate of drug-likeness (QED) is 0.246. The van der Waals surface area contributed by atoms with Gasteiger partial charge in [0.25, 0.3) is 0 Å². The molecule has 0 saturated carbocycles. The van der Waals surface area contributed by atoms with E-state index < -0.39 is 0 Å². The average molecular weight is 451 g/mol. The molecule has 2 nitrogen and oxygen atoms in total. The second-order valence-electron chi connectivity index (χ2n) is 9.32. The maximum Gasteiger partial charge on any atom is 0.145 e. The number of fused-ring (bicyclic) bond motifs is 11. The molecule has 7 rings (SSSR count). The van der Waals surface area contributed by atoms with Gasteiger partial charge in [0.15, 0.2) is 0 Å². The van der Waals surface area contributed by atoms with E-state index in [1.54, 1.807) is 0 Å². The summed E-state index contributed by atoms with van der Waals surface area (Å²) < 4.78 is 2.44. The van der Waals surface area contributed by atoms with Crippen LogP contribution in [-0.2, 0) is 12.8 Å². The lowest BCUT2D eigenvalue weighted by Crippen LogP contribution is -2.00. The van der Waals surface area contributed by atoms with E-state index in [0.717, 1.165) is 18.5 Å². The molecule has 35 heavy (non-hydrogen) atoms. The molecule has 0 N–H and O–H groups in total. The van der Waals surface area contributed by atoms with E-state index in [1.807, 2.05) is 0 Å². The van der Waals surface area contributed by atoms with Crippen molar-refractivity contribution in [3.8, 4) is 11.3 Å². The van der Waals surface area contributed by atoms with Gasteiger partial charge in [-0.25, -0.2) is 4.98 Å². The van der Waals surface area contributed by atoms with E-state index >= 15 is 0 Å². The number of hydrogen-bond acceptors (Lipinski definition) is 1. The van der Waals surface area contributed by atoms with Crippen molar-refractivity contribution in [2.24, 2.45) is 0 Å². The van der Waals surface area contributed by atoms with Crippen LogP contribution in [0.15, 0.2) is 97.2 Å². The third-order valence-electron chi connectivity index (χ3n) is 7.58. The minimum atomic E-state index is 0.992. The Morgan fingerprint density at radius 1 is 0.571 bits per heavy atom. The van der Waals surface area contributed by atoms with Gasteiger partial charge in [-0.1, -0.05) is 105 Å². The number of imidazole rings is 1. The number of nitrogens with zero attached hydrogens (tertiary/aromatic N) is 2. The summed E-state index contributed by atoms with van der Waals surface area (Å²) in [6.07, 6.45) is 4.08. The first-order valence-electron chi connectivity index (χ1n) is 12.5. The number of aryl methyl sites for hydroxylation is 2. The second kappa shape index (κ2) is 7.68. The van der Waals surface area contributed by atoms with Gasteiger partial charge < -0.3 is 0 Å². The molecule has 2 heterocycles. The van der Waals surface area contributed by atoms with Crippen LogP contribution >= 0.6 is 0 Å². The Morgan fingerprint density at radius 3 is 1.71 bits per heavy atom. The molecule has 0 aliphatic heterocycles. The van der Waals surface area contributed by atoms with Crippen molar-refractivity contribution in [1.82, 2.24) is 9.38 Å². The molecule has 0 bridgehead atoms. The molecular weight excluding hydrogens is 424 g/mol. The van der Waals surface area contributed by atoms with Crippen LogP contribution < -0.4 is 0 Å². The number of hydrogen-bond donors (Lipinski definition) is 0. The Kier molecular flexibility index (Phi) is 4.44. The Balaban J connectivity index is 1.84. The molecule has 0 radical (unpaired) electrons. The zero-order valence-corrected chi connectivity index (χ0v) is 20.0. The average Bonchev–Trinajstić information content (AvgIpc) is 3.37. The van der Waals surface area contributed by atoms with Crippen molar-refractivity contribution in [3.63, 3.8) is 0 Å². The fourth-order valence-corrected chi connectivity index (χ4v) is 6.04. The maximum atomic E-state index is 5.07. The lowest BCUT2D eigenvalue weighted by molar-refractivity contribution is 1.08. The van der Waals surface area contributed by atoms with Crippen molar-refractivity contribution in [2.75, 3.05) is 0 Å². The van der Waals surface area contributed by atoms with Crippen LogP contribution in [0.5, 0.6) is 0 Å². The van der Waals surface area contributed by atoms with Crippen LogP contribution in [0.4, 0.5) is 0 Å². The molecule has 0 amide bonds. The molecule has 2 heteroatoms. The van der Waals surface area contributed by atoms with Crippen molar-refractivity contribution in [3.05, 3.63) is 108 Å². The summed E-state index contributed by atoms with van der Waals surface area (Å²) in [5, 5.41) is 8.89. The van der Waals surface area contributed by atoms with Crippen LogP contribution in [0.25, 0.3) is 60.1 Å². The molecule has 0 aliphatic rings. The number of aromatic nitrogens is 2. The molecule has 168 valence electrons. The van der Waals surface area contributed by atoms with Gasteiger partial charge in [0.1, 0.15) is 5.65 Å². The molecule has 0 saturated heterocycles. The monoisotopic (exact) mass is 450 g/mol. The highest BCUT2D eigenvalue weighted by Gasteiger charge is 2.21. The number of rotatable bonds is 3. The Bertz CT molecular complexity index is 1900. The van der Waals surface area contributed by atoms with Crippen molar-refractivity contribution < 1.29 is 0 Å². The van der Waals surface area contributed by atoms with Crippen LogP contribution in [0.1, 0.15) is 25.0 Å². The normalized spacial score (nSPS) is 11.9. The van der Waals surface area contributed by atoms with Gasteiger partial charge in [0, 0.05) is 21.7 Å². The lowest BCUT2D eigenvalue weighted by Gasteiger charge is -2.18. The van der Waals surface area contributed by atoms with E-state index in [9.17, 15) is 0 Å². The predicted molar refractivity (Wildman–Crippen MR) is 149 cm³/mol. The van der Waals surface area contributed by atoms with Crippen molar-refractivity contribution in [2.45, 2.75) is 26.7 Å². The zero-order valence-electron chi connectivity index (χ0n) is 20.0. The van der Waals surface area contributed by atoms with Crippen molar-refractivity contribution >= 4 is 48.9 Å². The van der Waals surface area contributed by atoms with E-state index in [-0.39, 0.29) is 0 Å². The Hall–Kier alpha value is -4.17. The van der Waals surface area contributed by atoms with Crippen LogP contribution in [-0.4, -0.2) is 9.38 Å². The van der Waals surface area contributed by atoms with Gasteiger partial charge in [-0.2, -0.15) is 0 Å². The van der Waals surface area contributed by atoms with Crippen LogP contribution in [0.2, 0.25) is 0 Å². The lowest BCUT2D eigenvalue weighted by atomic mass is 9.93. The summed E-state index contributed by atoms with van der Waals surface area (Å²) in [7, 11) is 0. The second-order valence-corrected chi connectivity index (χ2v) is 9.32. The highest BCUT2D eigenvalue weighted by molar-refractivity contribution is 6.32.